The van der Waals surface area contributed by atoms with Crippen molar-refractivity contribution in [1.82, 2.24) is 15.0 Å². The molecule has 0 amide bonds. The van der Waals surface area contributed by atoms with Gasteiger partial charge < -0.3 is 0 Å². The molecule has 0 aliphatic rings. The Balaban J connectivity index is 0.994. The zero-order chi connectivity index (χ0) is 37.3. The van der Waals surface area contributed by atoms with E-state index in [1.807, 2.05) is 36.4 Å². The quantitative estimate of drug-likeness (QED) is 0.165. The van der Waals surface area contributed by atoms with Crippen molar-refractivity contribution in [2.24, 2.45) is 0 Å². The van der Waals surface area contributed by atoms with E-state index in [0.29, 0.717) is 5.82 Å². The molecule has 10 aromatic rings. The second kappa shape index (κ2) is 14.4. The van der Waals surface area contributed by atoms with E-state index in [1.54, 1.807) is 0 Å². The minimum absolute atomic E-state index is 0.712. The summed E-state index contributed by atoms with van der Waals surface area (Å²) in [5.41, 5.74) is 13.5. The average Bonchev–Trinajstić information content (AvgIpc) is 3.29. The Bertz CT molecular complexity index is 2840. The van der Waals surface area contributed by atoms with Gasteiger partial charge in [-0.3, -0.25) is 0 Å². The third kappa shape index (κ3) is 6.63. The molecule has 10 rings (SSSR count). The van der Waals surface area contributed by atoms with Crippen LogP contribution in [-0.2, 0) is 0 Å². The van der Waals surface area contributed by atoms with E-state index >= 15 is 0 Å². The van der Waals surface area contributed by atoms with Gasteiger partial charge in [-0.1, -0.05) is 182 Å². The summed E-state index contributed by atoms with van der Waals surface area (Å²) in [5, 5.41) is 4.87. The van der Waals surface area contributed by atoms with E-state index < -0.39 is 0 Å². The fourth-order valence-electron chi connectivity index (χ4n) is 7.45. The first-order chi connectivity index (χ1) is 27.7. The third-order valence-corrected chi connectivity index (χ3v) is 10.5. The summed E-state index contributed by atoms with van der Waals surface area (Å²) >= 11 is 0. The first-order valence-electron chi connectivity index (χ1n) is 18.9. The summed E-state index contributed by atoms with van der Waals surface area (Å²) < 4.78 is 0. The van der Waals surface area contributed by atoms with Crippen LogP contribution in [0.4, 0.5) is 0 Å². The molecule has 0 aliphatic carbocycles. The van der Waals surface area contributed by atoms with Gasteiger partial charge in [0.2, 0.25) is 0 Å². The number of fused-ring (bicyclic) bond motifs is 2. The molecule has 262 valence electrons. The number of rotatable bonds is 7. The summed E-state index contributed by atoms with van der Waals surface area (Å²) in [6, 6.07) is 74.7. The highest BCUT2D eigenvalue weighted by Gasteiger charge is 2.13. The molecular formula is C53H35N3. The van der Waals surface area contributed by atoms with Crippen molar-refractivity contribution in [1.29, 1.82) is 0 Å². The van der Waals surface area contributed by atoms with Crippen LogP contribution in [0.2, 0.25) is 0 Å². The third-order valence-electron chi connectivity index (χ3n) is 10.5. The van der Waals surface area contributed by atoms with Crippen LogP contribution in [0.25, 0.3) is 100 Å². The van der Waals surface area contributed by atoms with E-state index in [9.17, 15) is 0 Å². The van der Waals surface area contributed by atoms with Gasteiger partial charge in [0.05, 0.1) is 22.8 Å². The van der Waals surface area contributed by atoms with Gasteiger partial charge in [-0.15, -0.1) is 0 Å². The molecule has 3 heteroatoms. The highest BCUT2D eigenvalue weighted by molar-refractivity contribution is 5.90. The summed E-state index contributed by atoms with van der Waals surface area (Å²) in [4.78, 5) is 15.2. The molecule has 0 atom stereocenters. The summed E-state index contributed by atoms with van der Waals surface area (Å²) in [5.74, 6) is 0.712. The van der Waals surface area contributed by atoms with Crippen LogP contribution in [-0.4, -0.2) is 15.0 Å². The Kier molecular flexibility index (Phi) is 8.51. The monoisotopic (exact) mass is 713 g/mol. The molecule has 0 saturated carbocycles. The number of aromatic nitrogens is 3. The molecule has 0 N–H and O–H groups in total. The second-order valence-electron chi connectivity index (χ2n) is 14.1. The van der Waals surface area contributed by atoms with Crippen LogP contribution in [0.5, 0.6) is 0 Å². The Hall–Kier alpha value is -7.49. The highest BCUT2D eigenvalue weighted by Crippen LogP contribution is 2.35. The number of hydrogen-bond acceptors (Lipinski definition) is 3. The normalized spacial score (nSPS) is 11.2. The molecule has 0 aliphatic heterocycles. The van der Waals surface area contributed by atoms with Gasteiger partial charge in [-0.05, 0) is 74.1 Å². The van der Waals surface area contributed by atoms with Crippen LogP contribution < -0.4 is 0 Å². The molecule has 0 unspecified atom stereocenters. The zero-order valence-electron chi connectivity index (χ0n) is 30.5. The minimum Gasteiger partial charge on any atom is -0.248 e. The lowest BCUT2D eigenvalue weighted by Gasteiger charge is -2.12. The molecule has 2 aromatic heterocycles. The molecule has 3 nitrogen and oxygen atoms in total. The topological polar surface area (TPSA) is 38.7 Å². The van der Waals surface area contributed by atoms with Crippen molar-refractivity contribution in [2.45, 2.75) is 0 Å². The maximum Gasteiger partial charge on any atom is 0.160 e. The molecule has 0 saturated heterocycles. The van der Waals surface area contributed by atoms with E-state index in [4.69, 9.17) is 15.0 Å². The van der Waals surface area contributed by atoms with Crippen LogP contribution in [0.1, 0.15) is 0 Å². The lowest BCUT2D eigenvalue weighted by Crippen LogP contribution is -1.95. The van der Waals surface area contributed by atoms with Gasteiger partial charge in [-0.25, -0.2) is 15.0 Å². The summed E-state index contributed by atoms with van der Waals surface area (Å²) in [6.07, 6.45) is 0. The van der Waals surface area contributed by atoms with Gasteiger partial charge in [0, 0.05) is 27.8 Å². The summed E-state index contributed by atoms with van der Waals surface area (Å²) in [7, 11) is 0. The van der Waals surface area contributed by atoms with Crippen molar-refractivity contribution in [3.63, 3.8) is 0 Å². The van der Waals surface area contributed by atoms with Crippen LogP contribution in [0.15, 0.2) is 212 Å². The van der Waals surface area contributed by atoms with Gasteiger partial charge in [0.15, 0.2) is 5.82 Å². The first kappa shape index (κ1) is 33.1. The molecular weight excluding hydrogens is 679 g/mol. The van der Waals surface area contributed by atoms with Gasteiger partial charge in [0.1, 0.15) is 0 Å². The Labute approximate surface area is 326 Å². The standard InChI is InChI=1S/C53H35N3/c1-3-13-40(14-4-1)51-35-52(56-53(55-51)43-15-5-2-6-16-43)42-27-21-39(22-28-42)38-19-25-41(26-20-38)49-33-48(46-29-23-36-11-7-9-17-44(36)31-46)34-50(54-49)47-30-24-37-12-8-10-18-45(37)32-47/h1-35H. The predicted molar refractivity (Wildman–Crippen MR) is 233 cm³/mol. The minimum atomic E-state index is 0.712. The largest absolute Gasteiger partial charge is 0.248 e. The van der Waals surface area contributed by atoms with Crippen LogP contribution in [0.3, 0.4) is 0 Å². The van der Waals surface area contributed by atoms with Crippen LogP contribution in [0, 0.1) is 0 Å². The van der Waals surface area contributed by atoms with Crippen molar-refractivity contribution in [2.75, 3.05) is 0 Å². The fraction of sp³-hybridized carbons (Fsp3) is 0. The number of nitrogens with zero attached hydrogens (tertiary/aromatic N) is 3. The maximum absolute atomic E-state index is 5.26. The lowest BCUT2D eigenvalue weighted by atomic mass is 9.96. The van der Waals surface area contributed by atoms with Crippen molar-refractivity contribution >= 4 is 21.5 Å². The lowest BCUT2D eigenvalue weighted by molar-refractivity contribution is 1.18. The Morgan fingerprint density at radius 1 is 0.196 bits per heavy atom. The second-order valence-corrected chi connectivity index (χ2v) is 14.1. The van der Waals surface area contributed by atoms with Gasteiger partial charge in [-0.2, -0.15) is 0 Å². The first-order valence-corrected chi connectivity index (χ1v) is 18.9. The van der Waals surface area contributed by atoms with Crippen molar-refractivity contribution in [3.05, 3.63) is 212 Å². The number of hydrogen-bond donors (Lipinski definition) is 0. The van der Waals surface area contributed by atoms with E-state index in [2.05, 4.69) is 176 Å². The van der Waals surface area contributed by atoms with Crippen molar-refractivity contribution in [3.8, 4) is 78.7 Å². The van der Waals surface area contributed by atoms with Gasteiger partial charge in [0.25, 0.3) is 0 Å². The summed E-state index contributed by atoms with van der Waals surface area (Å²) in [6.45, 7) is 0. The zero-order valence-corrected chi connectivity index (χ0v) is 30.5. The Morgan fingerprint density at radius 3 is 1.12 bits per heavy atom. The molecule has 8 aromatic carbocycles. The van der Waals surface area contributed by atoms with E-state index in [1.165, 1.54) is 27.1 Å². The molecule has 0 radical (unpaired) electrons. The smallest absolute Gasteiger partial charge is 0.160 e. The molecule has 0 spiro atoms. The van der Waals surface area contributed by atoms with E-state index in [-0.39, 0.29) is 0 Å². The van der Waals surface area contributed by atoms with Crippen molar-refractivity contribution < 1.29 is 0 Å². The average molecular weight is 714 g/mol. The van der Waals surface area contributed by atoms with Gasteiger partial charge >= 0.3 is 0 Å². The SMILES string of the molecule is c1ccc(-c2cc(-c3ccc(-c4ccc(-c5cc(-c6ccc7ccccc7c6)cc(-c6ccc7ccccc7c6)n5)cc4)cc3)nc(-c3ccccc3)n2)cc1. The highest BCUT2D eigenvalue weighted by atomic mass is 14.9. The number of pyridine rings is 1. The predicted octanol–water partition coefficient (Wildman–Crippen LogP) is 13.8. The van der Waals surface area contributed by atoms with Crippen LogP contribution >= 0.6 is 0 Å². The molecule has 56 heavy (non-hydrogen) atoms. The molecule has 0 bridgehead atoms. The van der Waals surface area contributed by atoms with E-state index in [0.717, 1.165) is 67.3 Å². The fourth-order valence-corrected chi connectivity index (χ4v) is 7.45. The molecule has 2 heterocycles. The number of benzene rings is 8. The Morgan fingerprint density at radius 2 is 0.571 bits per heavy atom. The molecule has 0 fully saturated rings. The maximum atomic E-state index is 5.26.